The molecule has 2 heterocycles. The molecule has 0 unspecified atom stereocenters. The number of amides is 1. The van der Waals surface area contributed by atoms with Crippen LogP contribution in [0.4, 0.5) is 10.2 Å². The standard InChI is InChI=1S/C10H12FN3O.2ClH/c11-7-5-8(13-6-7)10(15)14-9-3-1-2-4-12-9;;/h1-4,7-8,13H,5-6H2,(H,12,14,15);2*1H/t7-,8+;;/m0../s1. The highest BCUT2D eigenvalue weighted by molar-refractivity contribution is 5.94. The van der Waals surface area contributed by atoms with Crippen molar-refractivity contribution in [1.29, 1.82) is 0 Å². The van der Waals surface area contributed by atoms with E-state index in [1.807, 2.05) is 0 Å². The lowest BCUT2D eigenvalue weighted by atomic mass is 10.2. The Kier molecular flexibility index (Phi) is 7.03. The summed E-state index contributed by atoms with van der Waals surface area (Å²) in [6.07, 6.45) is 0.901. The van der Waals surface area contributed by atoms with Gasteiger partial charge in [0.1, 0.15) is 12.0 Å². The van der Waals surface area contributed by atoms with Crippen LogP contribution in [0.1, 0.15) is 6.42 Å². The molecule has 1 saturated heterocycles. The van der Waals surface area contributed by atoms with Gasteiger partial charge in [-0.15, -0.1) is 24.8 Å². The average Bonchev–Trinajstić information content (AvgIpc) is 2.66. The summed E-state index contributed by atoms with van der Waals surface area (Å²) in [5.41, 5.74) is 0. The van der Waals surface area contributed by atoms with E-state index in [-0.39, 0.29) is 43.7 Å². The van der Waals surface area contributed by atoms with Crippen molar-refractivity contribution in [2.45, 2.75) is 18.6 Å². The van der Waals surface area contributed by atoms with Crippen LogP contribution >= 0.6 is 24.8 Å². The number of rotatable bonds is 2. The summed E-state index contributed by atoms with van der Waals surface area (Å²) in [7, 11) is 0. The summed E-state index contributed by atoms with van der Waals surface area (Å²) in [6, 6.07) is 4.80. The Hall–Kier alpha value is -0.910. The molecule has 0 aliphatic carbocycles. The maximum atomic E-state index is 12.8. The van der Waals surface area contributed by atoms with E-state index in [1.165, 1.54) is 0 Å². The molecule has 0 bridgehead atoms. The topological polar surface area (TPSA) is 54.0 Å². The molecule has 0 saturated carbocycles. The summed E-state index contributed by atoms with van der Waals surface area (Å²) < 4.78 is 12.8. The van der Waals surface area contributed by atoms with E-state index in [0.29, 0.717) is 5.82 Å². The van der Waals surface area contributed by atoms with E-state index in [4.69, 9.17) is 0 Å². The number of anilines is 1. The predicted molar refractivity (Wildman–Crippen MR) is 68.7 cm³/mol. The first-order valence-corrected chi connectivity index (χ1v) is 4.85. The maximum Gasteiger partial charge on any atom is 0.242 e. The summed E-state index contributed by atoms with van der Waals surface area (Å²) in [6.45, 7) is 0.250. The Morgan fingerprint density at radius 3 is 2.76 bits per heavy atom. The van der Waals surface area contributed by atoms with Gasteiger partial charge in [-0.3, -0.25) is 4.79 Å². The van der Waals surface area contributed by atoms with Crippen LogP contribution in [-0.2, 0) is 4.79 Å². The molecule has 17 heavy (non-hydrogen) atoms. The van der Waals surface area contributed by atoms with Crippen LogP contribution in [0, 0.1) is 0 Å². The van der Waals surface area contributed by atoms with Crippen molar-refractivity contribution in [2.75, 3.05) is 11.9 Å². The van der Waals surface area contributed by atoms with Crippen molar-refractivity contribution in [3.8, 4) is 0 Å². The highest BCUT2D eigenvalue weighted by Crippen LogP contribution is 2.11. The Labute approximate surface area is 111 Å². The van der Waals surface area contributed by atoms with Gasteiger partial charge in [-0.05, 0) is 12.1 Å². The number of pyridine rings is 1. The molecule has 2 rings (SSSR count). The van der Waals surface area contributed by atoms with Crippen molar-refractivity contribution in [3.05, 3.63) is 24.4 Å². The Morgan fingerprint density at radius 2 is 2.24 bits per heavy atom. The second-order valence-electron chi connectivity index (χ2n) is 3.50. The first-order valence-electron chi connectivity index (χ1n) is 4.85. The third kappa shape index (κ3) is 4.46. The zero-order chi connectivity index (χ0) is 10.7. The first-order chi connectivity index (χ1) is 7.25. The molecule has 0 radical (unpaired) electrons. The second-order valence-corrected chi connectivity index (χ2v) is 3.50. The molecule has 2 N–H and O–H groups in total. The van der Waals surface area contributed by atoms with Gasteiger partial charge in [0.25, 0.3) is 0 Å². The summed E-state index contributed by atoms with van der Waals surface area (Å²) in [5, 5.41) is 5.44. The Balaban J connectivity index is 0.00000128. The van der Waals surface area contributed by atoms with Gasteiger partial charge in [-0.2, -0.15) is 0 Å². The smallest absolute Gasteiger partial charge is 0.242 e. The number of nitrogens with zero attached hydrogens (tertiary/aromatic N) is 1. The fourth-order valence-electron chi connectivity index (χ4n) is 1.54. The van der Waals surface area contributed by atoms with Gasteiger partial charge in [0.05, 0.1) is 6.04 Å². The molecule has 0 spiro atoms. The van der Waals surface area contributed by atoms with Crippen LogP contribution in [0.5, 0.6) is 0 Å². The lowest BCUT2D eigenvalue weighted by Gasteiger charge is -2.09. The van der Waals surface area contributed by atoms with Crippen LogP contribution in [0.15, 0.2) is 24.4 Å². The molecular weight excluding hydrogens is 268 g/mol. The average molecular weight is 282 g/mol. The van der Waals surface area contributed by atoms with E-state index in [0.717, 1.165) is 0 Å². The minimum Gasteiger partial charge on any atom is -0.309 e. The monoisotopic (exact) mass is 281 g/mol. The fraction of sp³-hybridized carbons (Fsp3) is 0.400. The minimum absolute atomic E-state index is 0. The molecule has 2 atom stereocenters. The largest absolute Gasteiger partial charge is 0.309 e. The second kappa shape index (κ2) is 7.42. The molecule has 1 aromatic heterocycles. The SMILES string of the molecule is Cl.Cl.O=C(Nc1ccccn1)[C@H]1C[C@H](F)CN1. The molecular formula is C10H14Cl2FN3O. The third-order valence-corrected chi connectivity index (χ3v) is 2.31. The summed E-state index contributed by atoms with van der Waals surface area (Å²) >= 11 is 0. The zero-order valence-electron chi connectivity index (χ0n) is 8.93. The van der Waals surface area contributed by atoms with E-state index in [9.17, 15) is 9.18 Å². The zero-order valence-corrected chi connectivity index (χ0v) is 10.6. The first kappa shape index (κ1) is 16.1. The van der Waals surface area contributed by atoms with Gasteiger partial charge in [0, 0.05) is 19.2 Å². The Bertz CT molecular complexity index is 353. The van der Waals surface area contributed by atoms with Gasteiger partial charge in [0.2, 0.25) is 5.91 Å². The highest BCUT2D eigenvalue weighted by atomic mass is 35.5. The van der Waals surface area contributed by atoms with E-state index in [2.05, 4.69) is 15.6 Å². The maximum absolute atomic E-state index is 12.8. The van der Waals surface area contributed by atoms with Crippen molar-refractivity contribution in [2.24, 2.45) is 0 Å². The molecule has 4 nitrogen and oxygen atoms in total. The van der Waals surface area contributed by atoms with Crippen LogP contribution in [0.2, 0.25) is 0 Å². The predicted octanol–water partition coefficient (Wildman–Crippen LogP) is 1.56. The van der Waals surface area contributed by atoms with E-state index < -0.39 is 12.2 Å². The third-order valence-electron chi connectivity index (χ3n) is 2.31. The quantitative estimate of drug-likeness (QED) is 0.865. The molecule has 1 fully saturated rings. The summed E-state index contributed by atoms with van der Waals surface area (Å²) in [4.78, 5) is 15.5. The fourth-order valence-corrected chi connectivity index (χ4v) is 1.54. The number of hydrogen-bond donors (Lipinski definition) is 2. The Morgan fingerprint density at radius 1 is 1.47 bits per heavy atom. The molecule has 0 aromatic carbocycles. The van der Waals surface area contributed by atoms with Gasteiger partial charge >= 0.3 is 0 Å². The normalized spacial score (nSPS) is 22.2. The molecule has 96 valence electrons. The van der Waals surface area contributed by atoms with Crippen molar-refractivity contribution in [1.82, 2.24) is 10.3 Å². The number of hydrogen-bond acceptors (Lipinski definition) is 3. The van der Waals surface area contributed by atoms with Gasteiger partial charge < -0.3 is 10.6 Å². The van der Waals surface area contributed by atoms with Crippen molar-refractivity contribution in [3.63, 3.8) is 0 Å². The van der Waals surface area contributed by atoms with Crippen molar-refractivity contribution < 1.29 is 9.18 Å². The van der Waals surface area contributed by atoms with Crippen LogP contribution < -0.4 is 10.6 Å². The number of nitrogens with one attached hydrogen (secondary N) is 2. The number of alkyl halides is 1. The van der Waals surface area contributed by atoms with Crippen LogP contribution in [-0.4, -0.2) is 29.6 Å². The molecule has 7 heteroatoms. The molecule has 1 aliphatic rings. The van der Waals surface area contributed by atoms with Crippen LogP contribution in [0.3, 0.4) is 0 Å². The van der Waals surface area contributed by atoms with Gasteiger partial charge in [0.15, 0.2) is 0 Å². The van der Waals surface area contributed by atoms with Crippen LogP contribution in [0.25, 0.3) is 0 Å². The summed E-state index contributed by atoms with van der Waals surface area (Å²) in [5.74, 6) is 0.264. The number of carbonyl (C=O) groups is 1. The number of aromatic nitrogens is 1. The lowest BCUT2D eigenvalue weighted by Crippen LogP contribution is -2.35. The minimum atomic E-state index is -0.926. The van der Waals surface area contributed by atoms with E-state index in [1.54, 1.807) is 24.4 Å². The van der Waals surface area contributed by atoms with Gasteiger partial charge in [-0.25, -0.2) is 9.37 Å². The molecule has 1 aromatic rings. The molecule has 1 aliphatic heterocycles. The molecule has 1 amide bonds. The van der Waals surface area contributed by atoms with Crippen molar-refractivity contribution >= 4 is 36.5 Å². The van der Waals surface area contributed by atoms with Gasteiger partial charge in [-0.1, -0.05) is 6.07 Å². The highest BCUT2D eigenvalue weighted by Gasteiger charge is 2.29. The lowest BCUT2D eigenvalue weighted by molar-refractivity contribution is -0.117. The number of carbonyl (C=O) groups excluding carboxylic acids is 1. The van der Waals surface area contributed by atoms with E-state index >= 15 is 0 Å². The number of halogens is 3.